The molecule has 3 heterocycles. The summed E-state index contributed by atoms with van der Waals surface area (Å²) in [5.41, 5.74) is 0.918. The van der Waals surface area contributed by atoms with E-state index in [9.17, 15) is 9.59 Å². The molecule has 2 aromatic heterocycles. The van der Waals surface area contributed by atoms with Gasteiger partial charge in [-0.3, -0.25) is 14.7 Å². The summed E-state index contributed by atoms with van der Waals surface area (Å²) < 4.78 is 0. The lowest BCUT2D eigenvalue weighted by Crippen LogP contribution is -2.40. The third-order valence-electron chi connectivity index (χ3n) is 4.11. The number of amides is 1. The molecule has 0 saturated carbocycles. The van der Waals surface area contributed by atoms with Crippen molar-refractivity contribution in [2.24, 2.45) is 0 Å². The molecule has 0 spiro atoms. The van der Waals surface area contributed by atoms with E-state index < -0.39 is 0 Å². The van der Waals surface area contributed by atoms with Crippen molar-refractivity contribution in [2.45, 2.75) is 39.0 Å². The van der Waals surface area contributed by atoms with Gasteiger partial charge >= 0.3 is 0 Å². The molecule has 0 aromatic carbocycles. The zero-order valence-corrected chi connectivity index (χ0v) is 14.2. The summed E-state index contributed by atoms with van der Waals surface area (Å²) in [6.07, 6.45) is 2.32. The van der Waals surface area contributed by atoms with Crippen LogP contribution in [0, 0.1) is 6.92 Å². The van der Waals surface area contributed by atoms with Crippen molar-refractivity contribution in [1.29, 1.82) is 0 Å². The molecule has 1 saturated heterocycles. The molecule has 1 aliphatic rings. The fourth-order valence-electron chi connectivity index (χ4n) is 2.90. The second-order valence-corrected chi connectivity index (χ2v) is 6.92. The lowest BCUT2D eigenvalue weighted by Gasteiger charge is -2.31. The van der Waals surface area contributed by atoms with E-state index in [2.05, 4.69) is 15.2 Å². The van der Waals surface area contributed by atoms with Crippen LogP contribution in [0.4, 0.5) is 0 Å². The summed E-state index contributed by atoms with van der Waals surface area (Å²) in [5.74, 6) is 1.96. The molecule has 1 aliphatic heterocycles. The van der Waals surface area contributed by atoms with E-state index in [-0.39, 0.29) is 17.6 Å². The highest BCUT2D eigenvalue weighted by Gasteiger charge is 2.27. The van der Waals surface area contributed by atoms with Gasteiger partial charge in [-0.15, -0.1) is 11.3 Å². The highest BCUT2D eigenvalue weighted by Crippen LogP contribution is 2.25. The van der Waals surface area contributed by atoms with Gasteiger partial charge in [0.1, 0.15) is 5.82 Å². The van der Waals surface area contributed by atoms with Gasteiger partial charge in [0.25, 0.3) is 0 Å². The van der Waals surface area contributed by atoms with Gasteiger partial charge in [0.15, 0.2) is 11.6 Å². The quantitative estimate of drug-likeness (QED) is 0.872. The van der Waals surface area contributed by atoms with E-state index in [1.807, 2.05) is 23.3 Å². The van der Waals surface area contributed by atoms with Crippen LogP contribution in [-0.4, -0.2) is 44.9 Å². The SMILES string of the molecule is CC(=O)c1cc(CC(=O)N2CCCC(c3n[nH]c(C)n3)C2)cs1. The Morgan fingerprint density at radius 2 is 2.30 bits per heavy atom. The van der Waals surface area contributed by atoms with E-state index in [1.165, 1.54) is 11.3 Å². The Balaban J connectivity index is 1.63. The molecule has 0 bridgehead atoms. The number of carbonyl (C=O) groups is 2. The number of H-pyrrole nitrogens is 1. The van der Waals surface area contributed by atoms with Crippen molar-refractivity contribution in [3.63, 3.8) is 0 Å². The van der Waals surface area contributed by atoms with Crippen molar-refractivity contribution in [3.05, 3.63) is 33.5 Å². The first-order chi connectivity index (χ1) is 11.0. The molecular formula is C16H20N4O2S. The minimum absolute atomic E-state index is 0.0479. The zero-order chi connectivity index (χ0) is 16.4. The second kappa shape index (κ2) is 6.62. The molecule has 6 nitrogen and oxygen atoms in total. The van der Waals surface area contributed by atoms with Gasteiger partial charge in [-0.05, 0) is 43.7 Å². The molecule has 7 heteroatoms. The molecular weight excluding hydrogens is 312 g/mol. The van der Waals surface area contributed by atoms with Crippen LogP contribution >= 0.6 is 11.3 Å². The molecule has 1 atom stereocenters. The fourth-order valence-corrected chi connectivity index (χ4v) is 3.71. The number of nitrogens with one attached hydrogen (secondary N) is 1. The van der Waals surface area contributed by atoms with Crippen molar-refractivity contribution in [3.8, 4) is 0 Å². The molecule has 3 rings (SSSR count). The number of ketones is 1. The van der Waals surface area contributed by atoms with Crippen LogP contribution in [0.5, 0.6) is 0 Å². The maximum Gasteiger partial charge on any atom is 0.227 e. The van der Waals surface area contributed by atoms with Crippen molar-refractivity contribution >= 4 is 23.0 Å². The molecule has 2 aromatic rings. The number of carbonyl (C=O) groups excluding carboxylic acids is 2. The van der Waals surface area contributed by atoms with Crippen LogP contribution in [0.15, 0.2) is 11.4 Å². The molecule has 23 heavy (non-hydrogen) atoms. The van der Waals surface area contributed by atoms with E-state index in [1.54, 1.807) is 6.92 Å². The summed E-state index contributed by atoms with van der Waals surface area (Å²) in [6, 6.07) is 1.82. The van der Waals surface area contributed by atoms with Gasteiger partial charge in [-0.1, -0.05) is 0 Å². The number of rotatable bonds is 4. The number of aryl methyl sites for hydroxylation is 1. The Kier molecular flexibility index (Phi) is 4.56. The second-order valence-electron chi connectivity index (χ2n) is 6.01. The van der Waals surface area contributed by atoms with Crippen LogP contribution in [0.2, 0.25) is 0 Å². The highest BCUT2D eigenvalue weighted by atomic mass is 32.1. The van der Waals surface area contributed by atoms with Crippen LogP contribution < -0.4 is 0 Å². The molecule has 1 unspecified atom stereocenters. The smallest absolute Gasteiger partial charge is 0.227 e. The summed E-state index contributed by atoms with van der Waals surface area (Å²) in [4.78, 5) is 30.9. The Morgan fingerprint density at radius 1 is 1.48 bits per heavy atom. The maximum atomic E-state index is 12.5. The van der Waals surface area contributed by atoms with E-state index >= 15 is 0 Å². The molecule has 1 amide bonds. The zero-order valence-electron chi connectivity index (χ0n) is 13.3. The molecule has 0 aliphatic carbocycles. The number of likely N-dealkylation sites (tertiary alicyclic amines) is 1. The van der Waals surface area contributed by atoms with Crippen LogP contribution in [-0.2, 0) is 11.2 Å². The minimum atomic E-state index is 0.0479. The van der Waals surface area contributed by atoms with Gasteiger partial charge in [0.2, 0.25) is 5.91 Å². The lowest BCUT2D eigenvalue weighted by molar-refractivity contribution is -0.131. The van der Waals surface area contributed by atoms with E-state index in [0.29, 0.717) is 17.8 Å². The summed E-state index contributed by atoms with van der Waals surface area (Å²) in [7, 11) is 0. The first-order valence-electron chi connectivity index (χ1n) is 7.78. The number of thiophene rings is 1. The average Bonchev–Trinajstić information content (AvgIpc) is 3.16. The summed E-state index contributed by atoms with van der Waals surface area (Å²) >= 11 is 1.40. The first-order valence-corrected chi connectivity index (χ1v) is 8.66. The molecule has 0 radical (unpaired) electrons. The summed E-state index contributed by atoms with van der Waals surface area (Å²) in [6.45, 7) is 4.87. The van der Waals surface area contributed by atoms with E-state index in [0.717, 1.165) is 36.6 Å². The van der Waals surface area contributed by atoms with Gasteiger partial charge in [-0.2, -0.15) is 5.10 Å². The summed E-state index contributed by atoms with van der Waals surface area (Å²) in [5, 5.41) is 9.00. The predicted molar refractivity (Wildman–Crippen MR) is 87.7 cm³/mol. The minimum Gasteiger partial charge on any atom is -0.342 e. The Bertz CT molecular complexity index is 721. The van der Waals surface area contributed by atoms with Gasteiger partial charge < -0.3 is 4.90 Å². The number of hydrogen-bond acceptors (Lipinski definition) is 5. The van der Waals surface area contributed by atoms with Crippen molar-refractivity contribution < 1.29 is 9.59 Å². The van der Waals surface area contributed by atoms with Gasteiger partial charge in [0, 0.05) is 19.0 Å². The highest BCUT2D eigenvalue weighted by molar-refractivity contribution is 7.12. The van der Waals surface area contributed by atoms with Gasteiger partial charge in [-0.25, -0.2) is 4.98 Å². The standard InChI is InChI=1S/C16H20N4O2S/c1-10(21)14-6-12(9-23-14)7-15(22)20-5-3-4-13(8-20)16-17-11(2)18-19-16/h6,9,13H,3-5,7-8H2,1-2H3,(H,17,18,19). The number of Topliss-reactive ketones (excluding diaryl/α,β-unsaturated/α-hetero) is 1. The Hall–Kier alpha value is -2.02. The predicted octanol–water partition coefficient (Wildman–Crippen LogP) is 2.33. The van der Waals surface area contributed by atoms with Crippen LogP contribution in [0.1, 0.15) is 52.6 Å². The van der Waals surface area contributed by atoms with E-state index in [4.69, 9.17) is 0 Å². The molecule has 122 valence electrons. The third kappa shape index (κ3) is 3.67. The maximum absolute atomic E-state index is 12.5. The number of nitrogens with zero attached hydrogens (tertiary/aromatic N) is 3. The van der Waals surface area contributed by atoms with Crippen molar-refractivity contribution in [2.75, 3.05) is 13.1 Å². The number of hydrogen-bond donors (Lipinski definition) is 1. The lowest BCUT2D eigenvalue weighted by atomic mass is 9.97. The largest absolute Gasteiger partial charge is 0.342 e. The number of aromatic amines is 1. The number of aromatic nitrogens is 3. The fraction of sp³-hybridized carbons (Fsp3) is 0.500. The molecule has 1 N–H and O–H groups in total. The topological polar surface area (TPSA) is 79.0 Å². The Morgan fingerprint density at radius 3 is 2.96 bits per heavy atom. The normalized spacial score (nSPS) is 18.2. The Labute approximate surface area is 138 Å². The van der Waals surface area contributed by atoms with Crippen LogP contribution in [0.25, 0.3) is 0 Å². The number of piperidine rings is 1. The first kappa shape index (κ1) is 15.9. The van der Waals surface area contributed by atoms with Gasteiger partial charge in [0.05, 0.1) is 11.3 Å². The average molecular weight is 332 g/mol. The molecule has 1 fully saturated rings. The van der Waals surface area contributed by atoms with Crippen LogP contribution in [0.3, 0.4) is 0 Å². The van der Waals surface area contributed by atoms with Crippen molar-refractivity contribution in [1.82, 2.24) is 20.1 Å². The monoisotopic (exact) mass is 332 g/mol. The third-order valence-corrected chi connectivity index (χ3v) is 5.19.